The smallest absolute Gasteiger partial charge is 0.238 e. The van der Waals surface area contributed by atoms with Crippen LogP contribution in [0.5, 0.6) is 0 Å². The molecule has 0 aliphatic rings. The van der Waals surface area contributed by atoms with Gasteiger partial charge < -0.3 is 10.6 Å². The fourth-order valence-electron chi connectivity index (χ4n) is 1.85. The number of aryl methyl sites for hydroxylation is 1. The van der Waals surface area contributed by atoms with Crippen molar-refractivity contribution in [2.45, 2.75) is 25.2 Å². The van der Waals surface area contributed by atoms with Crippen LogP contribution < -0.4 is 15.8 Å². The molecule has 4 N–H and O–H groups in total. The summed E-state index contributed by atoms with van der Waals surface area (Å²) in [5.74, 6) is -0.396. The third kappa shape index (κ3) is 4.29. The Morgan fingerprint density at radius 1 is 1.40 bits per heavy atom. The monoisotopic (exact) mass is 299 g/mol. The molecule has 0 aromatic heterocycles. The summed E-state index contributed by atoms with van der Waals surface area (Å²) < 4.78 is 23.1. The highest BCUT2D eigenvalue weighted by molar-refractivity contribution is 7.89. The Bertz CT molecular complexity index is 585. The Labute approximate surface area is 119 Å². The average molecular weight is 299 g/mol. The second-order valence-corrected chi connectivity index (χ2v) is 6.20. The third-order valence-electron chi connectivity index (χ3n) is 2.98. The molecule has 1 aromatic carbocycles. The van der Waals surface area contributed by atoms with Gasteiger partial charge in [0.05, 0.1) is 4.90 Å². The molecule has 0 spiro atoms. The summed E-state index contributed by atoms with van der Waals surface area (Å²) in [6, 6.07) is 4.74. The Balaban J connectivity index is 3.02. The van der Waals surface area contributed by atoms with Crippen LogP contribution in [0.3, 0.4) is 0 Å². The molecule has 0 radical (unpaired) electrons. The van der Waals surface area contributed by atoms with Gasteiger partial charge in [0.2, 0.25) is 15.9 Å². The first-order chi connectivity index (χ1) is 9.29. The standard InChI is InChI=1S/C13H21N3O3S/c1-4-10-5-6-11(7-12(10)20(14,18)19)16-13(17)9(2)8-15-3/h5-7,9,15H,4,8H2,1-3H3,(H,16,17)(H2,14,18,19). The molecule has 0 aliphatic heterocycles. The van der Waals surface area contributed by atoms with E-state index in [9.17, 15) is 13.2 Å². The van der Waals surface area contributed by atoms with E-state index in [1.165, 1.54) is 6.07 Å². The van der Waals surface area contributed by atoms with Gasteiger partial charge in [-0.1, -0.05) is 19.9 Å². The van der Waals surface area contributed by atoms with Gasteiger partial charge >= 0.3 is 0 Å². The number of benzene rings is 1. The van der Waals surface area contributed by atoms with Crippen LogP contribution >= 0.6 is 0 Å². The van der Waals surface area contributed by atoms with Crippen LogP contribution in [0.1, 0.15) is 19.4 Å². The molecule has 20 heavy (non-hydrogen) atoms. The number of hydrogen-bond donors (Lipinski definition) is 3. The maximum absolute atomic E-state index is 11.9. The van der Waals surface area contributed by atoms with Gasteiger partial charge in [-0.05, 0) is 31.2 Å². The highest BCUT2D eigenvalue weighted by Gasteiger charge is 2.16. The summed E-state index contributed by atoms with van der Waals surface area (Å²) >= 11 is 0. The second-order valence-electron chi connectivity index (χ2n) is 4.67. The molecule has 7 heteroatoms. The highest BCUT2D eigenvalue weighted by Crippen LogP contribution is 2.20. The SMILES string of the molecule is CCc1ccc(NC(=O)C(C)CNC)cc1S(N)(=O)=O. The third-order valence-corrected chi connectivity index (χ3v) is 3.97. The minimum Gasteiger partial charge on any atom is -0.326 e. The van der Waals surface area contributed by atoms with Crippen LogP contribution in [0, 0.1) is 5.92 Å². The maximum atomic E-state index is 11.9. The van der Waals surface area contributed by atoms with E-state index >= 15 is 0 Å². The normalized spacial score (nSPS) is 13.0. The Kier molecular flexibility index (Phi) is 5.67. The van der Waals surface area contributed by atoms with Gasteiger partial charge in [0.1, 0.15) is 0 Å². The first-order valence-corrected chi connectivity index (χ1v) is 7.95. The number of primary sulfonamides is 1. The summed E-state index contributed by atoms with van der Waals surface area (Å²) in [6.45, 7) is 4.17. The molecule has 0 aliphatic carbocycles. The van der Waals surface area contributed by atoms with E-state index in [2.05, 4.69) is 10.6 Å². The quantitative estimate of drug-likeness (QED) is 0.719. The summed E-state index contributed by atoms with van der Waals surface area (Å²) in [7, 11) is -2.04. The predicted octanol–water partition coefficient (Wildman–Crippen LogP) is 0.690. The summed E-state index contributed by atoms with van der Waals surface area (Å²) in [4.78, 5) is 11.9. The van der Waals surface area contributed by atoms with E-state index in [1.54, 1.807) is 26.1 Å². The Morgan fingerprint density at radius 3 is 2.55 bits per heavy atom. The first-order valence-electron chi connectivity index (χ1n) is 6.40. The number of hydrogen-bond acceptors (Lipinski definition) is 4. The van der Waals surface area contributed by atoms with Crippen molar-refractivity contribution in [1.29, 1.82) is 0 Å². The lowest BCUT2D eigenvalue weighted by molar-refractivity contribution is -0.119. The van der Waals surface area contributed by atoms with Crippen LogP contribution in [-0.2, 0) is 21.2 Å². The predicted molar refractivity (Wildman–Crippen MR) is 78.9 cm³/mol. The van der Waals surface area contributed by atoms with Crippen molar-refractivity contribution >= 4 is 21.6 Å². The minimum atomic E-state index is -3.80. The van der Waals surface area contributed by atoms with E-state index in [-0.39, 0.29) is 16.7 Å². The molecule has 0 heterocycles. The molecule has 0 fully saturated rings. The van der Waals surface area contributed by atoms with Gasteiger partial charge in [0, 0.05) is 18.2 Å². The van der Waals surface area contributed by atoms with Gasteiger partial charge in [-0.2, -0.15) is 0 Å². The lowest BCUT2D eigenvalue weighted by Crippen LogP contribution is -2.28. The van der Waals surface area contributed by atoms with Gasteiger partial charge in [-0.15, -0.1) is 0 Å². The van der Waals surface area contributed by atoms with Crippen molar-refractivity contribution in [1.82, 2.24) is 5.32 Å². The van der Waals surface area contributed by atoms with Crippen LogP contribution in [0.25, 0.3) is 0 Å². The number of carbonyl (C=O) groups excluding carboxylic acids is 1. The molecule has 6 nitrogen and oxygen atoms in total. The summed E-state index contributed by atoms with van der Waals surface area (Å²) in [6.07, 6.45) is 0.552. The van der Waals surface area contributed by atoms with E-state index in [4.69, 9.17) is 5.14 Å². The lowest BCUT2D eigenvalue weighted by Gasteiger charge is -2.13. The average Bonchev–Trinajstić information content (AvgIpc) is 2.37. The van der Waals surface area contributed by atoms with E-state index in [1.807, 2.05) is 6.92 Å². The van der Waals surface area contributed by atoms with Crippen LogP contribution in [0.2, 0.25) is 0 Å². The van der Waals surface area contributed by atoms with E-state index in [0.717, 1.165) is 0 Å². The van der Waals surface area contributed by atoms with Crippen molar-refractivity contribution in [3.05, 3.63) is 23.8 Å². The molecule has 112 valence electrons. The number of amides is 1. The topological polar surface area (TPSA) is 101 Å². The molecule has 1 rings (SSSR count). The largest absolute Gasteiger partial charge is 0.326 e. The molecule has 1 aromatic rings. The molecular formula is C13H21N3O3S. The highest BCUT2D eigenvalue weighted by atomic mass is 32.2. The van der Waals surface area contributed by atoms with Crippen molar-refractivity contribution in [2.24, 2.45) is 11.1 Å². The molecule has 0 saturated heterocycles. The zero-order chi connectivity index (χ0) is 15.3. The van der Waals surface area contributed by atoms with Gasteiger partial charge in [-0.3, -0.25) is 4.79 Å². The number of nitrogens with two attached hydrogens (primary N) is 1. The fourth-order valence-corrected chi connectivity index (χ4v) is 2.72. The number of sulfonamides is 1. The molecule has 0 saturated carbocycles. The minimum absolute atomic E-state index is 0.0547. The molecule has 1 atom stereocenters. The zero-order valence-corrected chi connectivity index (χ0v) is 12.8. The molecule has 1 unspecified atom stereocenters. The van der Waals surface area contributed by atoms with Crippen molar-refractivity contribution in [3.63, 3.8) is 0 Å². The van der Waals surface area contributed by atoms with Crippen molar-refractivity contribution in [3.8, 4) is 0 Å². The van der Waals surface area contributed by atoms with Crippen LogP contribution in [0.15, 0.2) is 23.1 Å². The maximum Gasteiger partial charge on any atom is 0.238 e. The van der Waals surface area contributed by atoms with E-state index in [0.29, 0.717) is 24.2 Å². The Hall–Kier alpha value is -1.44. The second kappa shape index (κ2) is 6.83. The fraction of sp³-hybridized carbons (Fsp3) is 0.462. The van der Waals surface area contributed by atoms with Crippen LogP contribution in [0.4, 0.5) is 5.69 Å². The number of nitrogens with one attached hydrogen (secondary N) is 2. The Morgan fingerprint density at radius 2 is 2.05 bits per heavy atom. The lowest BCUT2D eigenvalue weighted by atomic mass is 10.1. The zero-order valence-electron chi connectivity index (χ0n) is 11.9. The molecular weight excluding hydrogens is 278 g/mol. The number of carbonyl (C=O) groups is 1. The molecule has 1 amide bonds. The van der Waals surface area contributed by atoms with E-state index < -0.39 is 10.0 Å². The van der Waals surface area contributed by atoms with Crippen molar-refractivity contribution < 1.29 is 13.2 Å². The van der Waals surface area contributed by atoms with Crippen molar-refractivity contribution in [2.75, 3.05) is 18.9 Å². The summed E-state index contributed by atoms with van der Waals surface area (Å²) in [5, 5.41) is 10.8. The molecule has 0 bridgehead atoms. The summed E-state index contributed by atoms with van der Waals surface area (Å²) in [5.41, 5.74) is 1.06. The first kappa shape index (κ1) is 16.6. The number of anilines is 1. The van der Waals surface area contributed by atoms with Gasteiger partial charge in [-0.25, -0.2) is 13.6 Å². The number of rotatable bonds is 6. The van der Waals surface area contributed by atoms with Gasteiger partial charge in [0.15, 0.2) is 0 Å². The van der Waals surface area contributed by atoms with Gasteiger partial charge in [0.25, 0.3) is 0 Å². The van der Waals surface area contributed by atoms with Crippen LogP contribution in [-0.4, -0.2) is 27.9 Å².